The van der Waals surface area contributed by atoms with Gasteiger partial charge in [0.25, 0.3) is 0 Å². The number of aryl methyl sites for hydroxylation is 1. The molecule has 0 bridgehead atoms. The van der Waals surface area contributed by atoms with E-state index in [9.17, 15) is 0 Å². The lowest BCUT2D eigenvalue weighted by Gasteiger charge is -2.22. The van der Waals surface area contributed by atoms with E-state index in [-0.39, 0.29) is 0 Å². The predicted octanol–water partition coefficient (Wildman–Crippen LogP) is 2.06. The van der Waals surface area contributed by atoms with Crippen LogP contribution in [0, 0.1) is 0 Å². The SMILES string of the molecule is CN(Cc1ccccc1CN)c1ncnc2c1CCC2. The third-order valence-electron chi connectivity index (χ3n) is 3.96. The van der Waals surface area contributed by atoms with Crippen molar-refractivity contribution in [3.05, 3.63) is 53.0 Å². The van der Waals surface area contributed by atoms with Crippen LogP contribution in [0.15, 0.2) is 30.6 Å². The van der Waals surface area contributed by atoms with Crippen molar-refractivity contribution in [2.75, 3.05) is 11.9 Å². The molecule has 4 nitrogen and oxygen atoms in total. The van der Waals surface area contributed by atoms with E-state index >= 15 is 0 Å². The third kappa shape index (κ3) is 2.39. The van der Waals surface area contributed by atoms with E-state index in [1.807, 2.05) is 6.07 Å². The Kier molecular flexibility index (Phi) is 3.65. The number of hydrogen-bond acceptors (Lipinski definition) is 4. The first-order chi connectivity index (χ1) is 9.79. The second-order valence-electron chi connectivity index (χ2n) is 5.30. The minimum absolute atomic E-state index is 0.575. The van der Waals surface area contributed by atoms with Crippen LogP contribution in [-0.4, -0.2) is 17.0 Å². The van der Waals surface area contributed by atoms with Crippen LogP contribution in [0.4, 0.5) is 5.82 Å². The predicted molar refractivity (Wildman–Crippen MR) is 80.5 cm³/mol. The summed E-state index contributed by atoms with van der Waals surface area (Å²) in [6.45, 7) is 1.41. The van der Waals surface area contributed by atoms with Crippen LogP contribution >= 0.6 is 0 Å². The first kappa shape index (κ1) is 13.1. The Morgan fingerprint density at radius 2 is 1.95 bits per heavy atom. The lowest BCUT2D eigenvalue weighted by Crippen LogP contribution is -2.21. The van der Waals surface area contributed by atoms with E-state index in [1.54, 1.807) is 6.33 Å². The molecule has 0 atom stereocenters. The number of nitrogens with zero attached hydrogens (tertiary/aromatic N) is 3. The van der Waals surface area contributed by atoms with Gasteiger partial charge in [0, 0.05) is 31.4 Å². The Labute approximate surface area is 119 Å². The molecule has 1 aliphatic rings. The number of anilines is 1. The summed E-state index contributed by atoms with van der Waals surface area (Å²) in [7, 11) is 2.09. The Morgan fingerprint density at radius 1 is 1.15 bits per heavy atom. The van der Waals surface area contributed by atoms with Crippen LogP contribution in [0.1, 0.15) is 28.8 Å². The first-order valence-corrected chi connectivity index (χ1v) is 7.10. The zero-order valence-corrected chi connectivity index (χ0v) is 11.8. The van der Waals surface area contributed by atoms with Gasteiger partial charge in [-0.25, -0.2) is 9.97 Å². The van der Waals surface area contributed by atoms with Crippen molar-refractivity contribution in [1.29, 1.82) is 0 Å². The number of fused-ring (bicyclic) bond motifs is 1. The molecule has 2 aromatic rings. The Morgan fingerprint density at radius 3 is 2.75 bits per heavy atom. The van der Waals surface area contributed by atoms with Crippen molar-refractivity contribution in [3.63, 3.8) is 0 Å². The number of hydrogen-bond donors (Lipinski definition) is 1. The Hall–Kier alpha value is -1.94. The molecule has 0 amide bonds. The van der Waals surface area contributed by atoms with Crippen molar-refractivity contribution >= 4 is 5.82 Å². The zero-order valence-electron chi connectivity index (χ0n) is 11.8. The minimum Gasteiger partial charge on any atom is -0.355 e. The van der Waals surface area contributed by atoms with Crippen molar-refractivity contribution in [2.24, 2.45) is 5.73 Å². The van der Waals surface area contributed by atoms with Crippen LogP contribution in [0.2, 0.25) is 0 Å². The molecule has 104 valence electrons. The first-order valence-electron chi connectivity index (χ1n) is 7.10. The molecule has 0 aliphatic heterocycles. The van der Waals surface area contributed by atoms with Crippen LogP contribution in [0.3, 0.4) is 0 Å². The van der Waals surface area contributed by atoms with E-state index in [2.05, 4.69) is 40.1 Å². The molecule has 0 spiro atoms. The zero-order chi connectivity index (χ0) is 13.9. The molecule has 0 radical (unpaired) electrons. The minimum atomic E-state index is 0.575. The molecule has 1 aromatic carbocycles. The van der Waals surface area contributed by atoms with Crippen LogP contribution in [0.25, 0.3) is 0 Å². The smallest absolute Gasteiger partial charge is 0.135 e. The highest BCUT2D eigenvalue weighted by Gasteiger charge is 2.19. The highest BCUT2D eigenvalue weighted by molar-refractivity contribution is 5.50. The maximum atomic E-state index is 5.81. The molecular weight excluding hydrogens is 248 g/mol. The molecule has 0 saturated heterocycles. The fourth-order valence-corrected chi connectivity index (χ4v) is 2.91. The van der Waals surface area contributed by atoms with Gasteiger partial charge in [0.2, 0.25) is 0 Å². The van der Waals surface area contributed by atoms with Gasteiger partial charge >= 0.3 is 0 Å². The lowest BCUT2D eigenvalue weighted by atomic mass is 10.1. The molecule has 20 heavy (non-hydrogen) atoms. The van der Waals surface area contributed by atoms with Crippen molar-refractivity contribution in [2.45, 2.75) is 32.4 Å². The van der Waals surface area contributed by atoms with Gasteiger partial charge in [-0.1, -0.05) is 24.3 Å². The average Bonchev–Trinajstić information content (AvgIpc) is 2.96. The Balaban J connectivity index is 1.87. The molecule has 0 saturated carbocycles. The molecule has 1 heterocycles. The van der Waals surface area contributed by atoms with Gasteiger partial charge in [-0.05, 0) is 30.4 Å². The number of rotatable bonds is 4. The van der Waals surface area contributed by atoms with Crippen molar-refractivity contribution in [3.8, 4) is 0 Å². The normalized spacial score (nSPS) is 13.3. The molecule has 3 rings (SSSR count). The largest absolute Gasteiger partial charge is 0.355 e. The summed E-state index contributed by atoms with van der Waals surface area (Å²) in [6.07, 6.45) is 5.05. The summed E-state index contributed by atoms with van der Waals surface area (Å²) in [5.74, 6) is 1.07. The molecule has 2 N–H and O–H groups in total. The average molecular weight is 268 g/mol. The second-order valence-corrected chi connectivity index (χ2v) is 5.30. The van der Waals surface area contributed by atoms with Gasteiger partial charge in [0.15, 0.2) is 0 Å². The topological polar surface area (TPSA) is 55.0 Å². The highest BCUT2D eigenvalue weighted by Crippen LogP contribution is 2.28. The van der Waals surface area contributed by atoms with E-state index in [1.165, 1.54) is 28.8 Å². The summed E-state index contributed by atoms with van der Waals surface area (Å²) in [5, 5.41) is 0. The van der Waals surface area contributed by atoms with Crippen LogP contribution < -0.4 is 10.6 Å². The third-order valence-corrected chi connectivity index (χ3v) is 3.96. The monoisotopic (exact) mass is 268 g/mol. The summed E-state index contributed by atoms with van der Waals surface area (Å²) in [6, 6.07) is 8.33. The van der Waals surface area contributed by atoms with Gasteiger partial charge in [-0.15, -0.1) is 0 Å². The quantitative estimate of drug-likeness (QED) is 0.922. The molecular formula is C16H20N4. The maximum absolute atomic E-state index is 5.81. The van der Waals surface area contributed by atoms with Gasteiger partial charge < -0.3 is 10.6 Å². The van der Waals surface area contributed by atoms with E-state index in [4.69, 9.17) is 5.73 Å². The van der Waals surface area contributed by atoms with Crippen molar-refractivity contribution in [1.82, 2.24) is 9.97 Å². The Bertz CT molecular complexity index is 609. The van der Waals surface area contributed by atoms with Gasteiger partial charge in [0.1, 0.15) is 12.1 Å². The molecule has 1 aromatic heterocycles. The fourth-order valence-electron chi connectivity index (χ4n) is 2.91. The molecule has 0 fully saturated rings. The number of aromatic nitrogens is 2. The summed E-state index contributed by atoms with van der Waals surface area (Å²) >= 11 is 0. The van der Waals surface area contributed by atoms with E-state index in [0.29, 0.717) is 6.54 Å². The number of nitrogens with two attached hydrogens (primary N) is 1. The van der Waals surface area contributed by atoms with Crippen LogP contribution in [0.5, 0.6) is 0 Å². The number of benzene rings is 1. The van der Waals surface area contributed by atoms with Crippen LogP contribution in [-0.2, 0) is 25.9 Å². The molecule has 1 aliphatic carbocycles. The summed E-state index contributed by atoms with van der Waals surface area (Å²) < 4.78 is 0. The fraction of sp³-hybridized carbons (Fsp3) is 0.375. The maximum Gasteiger partial charge on any atom is 0.135 e. The second kappa shape index (κ2) is 5.59. The molecule has 4 heteroatoms. The van der Waals surface area contributed by atoms with Crippen molar-refractivity contribution < 1.29 is 0 Å². The lowest BCUT2D eigenvalue weighted by molar-refractivity contribution is 0.856. The van der Waals surface area contributed by atoms with E-state index < -0.39 is 0 Å². The summed E-state index contributed by atoms with van der Waals surface area (Å²) in [4.78, 5) is 11.1. The summed E-state index contributed by atoms with van der Waals surface area (Å²) in [5.41, 5.74) is 10.8. The van der Waals surface area contributed by atoms with Gasteiger partial charge in [0.05, 0.1) is 0 Å². The van der Waals surface area contributed by atoms with Gasteiger partial charge in [-0.2, -0.15) is 0 Å². The van der Waals surface area contributed by atoms with Gasteiger partial charge in [-0.3, -0.25) is 0 Å². The van der Waals surface area contributed by atoms with E-state index in [0.717, 1.165) is 25.2 Å². The standard InChI is InChI=1S/C16H20N4/c1-20(10-13-6-3-2-5-12(13)9-17)16-14-7-4-8-15(14)18-11-19-16/h2-3,5-6,11H,4,7-10,17H2,1H3. The molecule has 0 unspecified atom stereocenters. The highest BCUT2D eigenvalue weighted by atomic mass is 15.2.